The highest BCUT2D eigenvalue weighted by Crippen LogP contribution is 2.25. The van der Waals surface area contributed by atoms with Gasteiger partial charge in [0.25, 0.3) is 0 Å². The monoisotopic (exact) mass is 235 g/mol. The summed E-state index contributed by atoms with van der Waals surface area (Å²) in [5.74, 6) is 1.74. The maximum atomic E-state index is 11.4. The van der Waals surface area contributed by atoms with E-state index in [-0.39, 0.29) is 11.2 Å². The first-order valence-electron chi connectivity index (χ1n) is 5.71. The molecule has 1 aromatic carbocycles. The number of nitrogens with one attached hydrogen (secondary N) is 1. The van der Waals surface area contributed by atoms with Gasteiger partial charge in [-0.05, 0) is 17.9 Å². The summed E-state index contributed by atoms with van der Waals surface area (Å²) in [6.07, 6.45) is 0.977. The van der Waals surface area contributed by atoms with Crippen molar-refractivity contribution in [1.82, 2.24) is 5.32 Å². The lowest BCUT2D eigenvalue weighted by Gasteiger charge is -2.13. The molecule has 1 heterocycles. The predicted molar refractivity (Wildman–Crippen MR) is 68.7 cm³/mol. The zero-order valence-electron chi connectivity index (χ0n) is 9.48. The maximum Gasteiger partial charge on any atom is 0.233 e. The molecule has 1 saturated heterocycles. The minimum atomic E-state index is 0.172. The van der Waals surface area contributed by atoms with Gasteiger partial charge in [0, 0.05) is 12.3 Å². The van der Waals surface area contributed by atoms with Crippen LogP contribution >= 0.6 is 11.8 Å². The molecule has 0 radical (unpaired) electrons. The van der Waals surface area contributed by atoms with Crippen LogP contribution in [0.2, 0.25) is 0 Å². The number of amides is 1. The first-order valence-corrected chi connectivity index (χ1v) is 6.76. The molecule has 0 aromatic heterocycles. The van der Waals surface area contributed by atoms with Gasteiger partial charge in [0.05, 0.1) is 5.25 Å². The van der Waals surface area contributed by atoms with Crippen molar-refractivity contribution in [2.24, 2.45) is 0 Å². The number of benzene rings is 1. The fourth-order valence-electron chi connectivity index (χ4n) is 1.87. The van der Waals surface area contributed by atoms with E-state index in [0.29, 0.717) is 5.92 Å². The zero-order valence-corrected chi connectivity index (χ0v) is 10.3. The third-order valence-electron chi connectivity index (χ3n) is 2.91. The second kappa shape index (κ2) is 5.39. The van der Waals surface area contributed by atoms with Crippen molar-refractivity contribution in [3.8, 4) is 0 Å². The number of carbonyl (C=O) groups is 1. The summed E-state index contributed by atoms with van der Waals surface area (Å²) >= 11 is 1.78. The van der Waals surface area contributed by atoms with E-state index in [1.54, 1.807) is 11.8 Å². The van der Waals surface area contributed by atoms with Crippen molar-refractivity contribution in [2.75, 3.05) is 12.3 Å². The van der Waals surface area contributed by atoms with Gasteiger partial charge in [-0.25, -0.2) is 0 Å². The molecule has 16 heavy (non-hydrogen) atoms. The Kier molecular flexibility index (Phi) is 3.88. The fraction of sp³-hybridized carbons (Fsp3) is 0.462. The van der Waals surface area contributed by atoms with Gasteiger partial charge in [0.2, 0.25) is 5.91 Å². The lowest BCUT2D eigenvalue weighted by atomic mass is 10.0. The van der Waals surface area contributed by atoms with Gasteiger partial charge in [-0.1, -0.05) is 37.3 Å². The molecule has 0 bridgehead atoms. The highest BCUT2D eigenvalue weighted by molar-refractivity contribution is 8.00. The summed E-state index contributed by atoms with van der Waals surface area (Å²) < 4.78 is 0. The van der Waals surface area contributed by atoms with Crippen molar-refractivity contribution in [3.63, 3.8) is 0 Å². The zero-order chi connectivity index (χ0) is 11.4. The Morgan fingerprint density at radius 2 is 2.19 bits per heavy atom. The van der Waals surface area contributed by atoms with Crippen LogP contribution in [0.4, 0.5) is 0 Å². The number of carbonyl (C=O) groups excluding carboxylic acids is 1. The maximum absolute atomic E-state index is 11.4. The summed E-state index contributed by atoms with van der Waals surface area (Å²) in [6, 6.07) is 10.5. The molecule has 1 aliphatic heterocycles. The lowest BCUT2D eigenvalue weighted by Crippen LogP contribution is -2.21. The van der Waals surface area contributed by atoms with Gasteiger partial charge < -0.3 is 5.32 Å². The van der Waals surface area contributed by atoms with Gasteiger partial charge in [0.15, 0.2) is 0 Å². The van der Waals surface area contributed by atoms with E-state index in [2.05, 4.69) is 36.5 Å². The van der Waals surface area contributed by atoms with Crippen LogP contribution in [0.3, 0.4) is 0 Å². The topological polar surface area (TPSA) is 29.1 Å². The van der Waals surface area contributed by atoms with Crippen LogP contribution < -0.4 is 5.32 Å². The molecule has 0 spiro atoms. The Bertz CT molecular complexity index is 352. The second-order valence-corrected chi connectivity index (χ2v) is 5.45. The predicted octanol–water partition coefficient (Wildman–Crippen LogP) is 2.41. The van der Waals surface area contributed by atoms with Crippen LogP contribution in [0.25, 0.3) is 0 Å². The van der Waals surface area contributed by atoms with Gasteiger partial charge in [-0.15, -0.1) is 11.8 Å². The Balaban J connectivity index is 1.84. The average molecular weight is 235 g/mol. The second-order valence-electron chi connectivity index (χ2n) is 4.21. The molecule has 1 aliphatic rings. The molecule has 0 aliphatic carbocycles. The SMILES string of the molecule is CC(CSC1CCNC1=O)c1ccccc1. The smallest absolute Gasteiger partial charge is 0.233 e. The van der Waals surface area contributed by atoms with Gasteiger partial charge in [-0.2, -0.15) is 0 Å². The molecule has 2 nitrogen and oxygen atoms in total. The standard InChI is InChI=1S/C13H17NOS/c1-10(11-5-3-2-4-6-11)9-16-12-7-8-14-13(12)15/h2-6,10,12H,7-9H2,1H3,(H,14,15). The minimum absolute atomic E-state index is 0.172. The van der Waals surface area contributed by atoms with Gasteiger partial charge in [-0.3, -0.25) is 4.79 Å². The molecule has 1 fully saturated rings. The molecular formula is C13H17NOS. The lowest BCUT2D eigenvalue weighted by molar-refractivity contribution is -0.118. The first-order chi connectivity index (χ1) is 7.77. The third kappa shape index (κ3) is 2.79. The first kappa shape index (κ1) is 11.5. The molecule has 2 rings (SSSR count). The van der Waals surface area contributed by atoms with E-state index in [0.717, 1.165) is 18.7 Å². The largest absolute Gasteiger partial charge is 0.355 e. The van der Waals surface area contributed by atoms with Crippen molar-refractivity contribution < 1.29 is 4.79 Å². The Hall–Kier alpha value is -0.960. The third-order valence-corrected chi connectivity index (χ3v) is 4.46. The molecule has 86 valence electrons. The average Bonchev–Trinajstić information content (AvgIpc) is 2.73. The number of hydrogen-bond donors (Lipinski definition) is 1. The van der Waals surface area contributed by atoms with E-state index in [9.17, 15) is 4.79 Å². The summed E-state index contributed by atoms with van der Waals surface area (Å²) in [4.78, 5) is 11.4. The fourth-order valence-corrected chi connectivity index (χ4v) is 3.10. The molecule has 0 saturated carbocycles. The Morgan fingerprint density at radius 3 is 2.81 bits per heavy atom. The van der Waals surface area contributed by atoms with Crippen LogP contribution in [0, 0.1) is 0 Å². The van der Waals surface area contributed by atoms with E-state index < -0.39 is 0 Å². The van der Waals surface area contributed by atoms with Crippen LogP contribution in [0.15, 0.2) is 30.3 Å². The van der Waals surface area contributed by atoms with Crippen LogP contribution in [0.5, 0.6) is 0 Å². The quantitative estimate of drug-likeness (QED) is 0.868. The minimum Gasteiger partial charge on any atom is -0.355 e. The molecule has 1 aromatic rings. The van der Waals surface area contributed by atoms with Gasteiger partial charge >= 0.3 is 0 Å². The normalized spacial score (nSPS) is 21.8. The number of rotatable bonds is 4. The van der Waals surface area contributed by atoms with Crippen molar-refractivity contribution >= 4 is 17.7 Å². The van der Waals surface area contributed by atoms with E-state index in [1.165, 1.54) is 5.56 Å². The molecule has 1 amide bonds. The molecule has 3 heteroatoms. The van der Waals surface area contributed by atoms with E-state index >= 15 is 0 Å². The molecule has 2 unspecified atom stereocenters. The molecule has 2 atom stereocenters. The Labute approximate surface area is 101 Å². The van der Waals surface area contributed by atoms with Gasteiger partial charge in [0.1, 0.15) is 0 Å². The van der Waals surface area contributed by atoms with E-state index in [1.807, 2.05) is 6.07 Å². The Morgan fingerprint density at radius 1 is 1.44 bits per heavy atom. The van der Waals surface area contributed by atoms with Crippen LogP contribution in [-0.2, 0) is 4.79 Å². The van der Waals surface area contributed by atoms with Crippen molar-refractivity contribution in [1.29, 1.82) is 0 Å². The summed E-state index contributed by atoms with van der Waals surface area (Å²) in [7, 11) is 0. The molecular weight excluding hydrogens is 218 g/mol. The van der Waals surface area contributed by atoms with Crippen molar-refractivity contribution in [2.45, 2.75) is 24.5 Å². The summed E-state index contributed by atoms with van der Waals surface area (Å²) in [6.45, 7) is 3.06. The van der Waals surface area contributed by atoms with Crippen LogP contribution in [0.1, 0.15) is 24.8 Å². The van der Waals surface area contributed by atoms with E-state index in [4.69, 9.17) is 0 Å². The highest BCUT2D eigenvalue weighted by Gasteiger charge is 2.24. The summed E-state index contributed by atoms with van der Waals surface area (Å²) in [5.41, 5.74) is 1.36. The van der Waals surface area contributed by atoms with Crippen LogP contribution in [-0.4, -0.2) is 23.5 Å². The number of thioether (sulfide) groups is 1. The number of hydrogen-bond acceptors (Lipinski definition) is 2. The summed E-state index contributed by atoms with van der Waals surface area (Å²) in [5, 5.41) is 3.05. The highest BCUT2D eigenvalue weighted by atomic mass is 32.2. The molecule has 1 N–H and O–H groups in total. The van der Waals surface area contributed by atoms with Crippen molar-refractivity contribution in [3.05, 3.63) is 35.9 Å².